The first-order chi connectivity index (χ1) is 6.72. The van der Waals surface area contributed by atoms with Crippen LogP contribution in [0.1, 0.15) is 0 Å². The summed E-state index contributed by atoms with van der Waals surface area (Å²) in [6, 6.07) is 0. The van der Waals surface area contributed by atoms with Crippen LogP contribution in [0.3, 0.4) is 0 Å². The van der Waals surface area contributed by atoms with Crippen molar-refractivity contribution in [2.24, 2.45) is 0 Å². The molecule has 14 heavy (non-hydrogen) atoms. The van der Waals surface area contributed by atoms with Crippen molar-refractivity contribution in [2.45, 2.75) is 0 Å². The molecule has 0 aromatic heterocycles. The van der Waals surface area contributed by atoms with E-state index < -0.39 is 0 Å². The van der Waals surface area contributed by atoms with Gasteiger partial charge in [0, 0.05) is 13.1 Å². The lowest BCUT2D eigenvalue weighted by atomic mass is 10.1. The van der Waals surface area contributed by atoms with E-state index >= 15 is 0 Å². The van der Waals surface area contributed by atoms with Crippen molar-refractivity contribution in [3.05, 3.63) is 25.3 Å². The normalized spacial score (nSPS) is 9.71. The average Bonchev–Trinajstić information content (AvgIpc) is 2.19. The molecule has 0 heterocycles. The minimum absolute atomic E-state index is 0.136. The lowest BCUT2D eigenvalue weighted by Gasteiger charge is -2.17. The quantitative estimate of drug-likeness (QED) is 0.507. The monoisotopic (exact) mass is 192 g/mol. The van der Waals surface area contributed by atoms with E-state index in [1.54, 1.807) is 12.2 Å². The average molecular weight is 192 g/mol. The Bertz CT molecular complexity index is 277. The van der Waals surface area contributed by atoms with E-state index in [2.05, 4.69) is 23.8 Å². The molecule has 1 aromatic carbocycles. The van der Waals surface area contributed by atoms with Crippen molar-refractivity contribution < 1.29 is 10.2 Å². The highest BCUT2D eigenvalue weighted by atomic mass is 16.3. The Morgan fingerprint density at radius 3 is 2.43 bits per heavy atom. The summed E-state index contributed by atoms with van der Waals surface area (Å²) in [7, 11) is 0. The number of rotatable bonds is 6. The Hall–Kier alpha value is -1.84. The fraction of sp³-hybridized carbons (Fsp3) is 0.200. The van der Waals surface area contributed by atoms with Crippen LogP contribution < -0.4 is 20.8 Å². The van der Waals surface area contributed by atoms with E-state index in [-0.39, 0.29) is 22.9 Å². The van der Waals surface area contributed by atoms with Crippen molar-refractivity contribution in [3.63, 3.8) is 0 Å². The second-order valence-electron chi connectivity index (χ2n) is 2.75. The van der Waals surface area contributed by atoms with E-state index in [1.807, 2.05) is 0 Å². The Morgan fingerprint density at radius 2 is 1.93 bits per heavy atom. The molecule has 0 amide bonds. The zero-order valence-electron chi connectivity index (χ0n) is 7.80. The largest absolute Gasteiger partial charge is 0.790 e. The van der Waals surface area contributed by atoms with Crippen LogP contribution in [0.5, 0.6) is 11.5 Å². The number of hydrogen-bond acceptors (Lipinski definition) is 4. The summed E-state index contributed by atoms with van der Waals surface area (Å²) in [5, 5.41) is 28.0. The van der Waals surface area contributed by atoms with Crippen LogP contribution in [0.15, 0.2) is 25.3 Å². The summed E-state index contributed by atoms with van der Waals surface area (Å²) >= 11 is 0. The van der Waals surface area contributed by atoms with Crippen LogP contribution in [0.2, 0.25) is 0 Å². The van der Waals surface area contributed by atoms with Crippen LogP contribution in [-0.4, -0.2) is 13.1 Å². The molecule has 0 saturated heterocycles. The maximum absolute atomic E-state index is 11.3. The molecule has 0 fully saturated rings. The summed E-state index contributed by atoms with van der Waals surface area (Å²) in [4.78, 5) is 0. The van der Waals surface area contributed by atoms with Gasteiger partial charge in [-0.25, -0.2) is 0 Å². The Labute approximate surface area is 82.9 Å². The maximum atomic E-state index is 11.3. The zero-order chi connectivity index (χ0) is 10.6. The Kier molecular flexibility index (Phi) is 3.23. The molecule has 0 atom stereocenters. The van der Waals surface area contributed by atoms with Crippen molar-refractivity contribution in [1.29, 1.82) is 0 Å². The fourth-order valence-corrected chi connectivity index (χ4v) is 1.06. The SMILES string of the molecule is C=CCNc1c([O-])[c+](NCC=C)[c+]1[O-]. The van der Waals surface area contributed by atoms with E-state index in [4.69, 9.17) is 0 Å². The first kappa shape index (κ1) is 10.2. The topological polar surface area (TPSA) is 70.2 Å². The predicted octanol–water partition coefficient (Wildman–Crippen LogP) is 0.467. The third-order valence-corrected chi connectivity index (χ3v) is 1.75. The van der Waals surface area contributed by atoms with Gasteiger partial charge in [-0.15, -0.1) is 13.2 Å². The number of hydrogen-bond donors (Lipinski definition) is 2. The third kappa shape index (κ3) is 1.74. The second-order valence-corrected chi connectivity index (χ2v) is 2.75. The molecule has 0 aliphatic heterocycles. The molecule has 74 valence electrons. The van der Waals surface area contributed by atoms with Gasteiger partial charge in [-0.1, -0.05) is 12.2 Å². The van der Waals surface area contributed by atoms with Crippen LogP contribution in [0, 0.1) is 0 Å². The van der Waals surface area contributed by atoms with Gasteiger partial charge >= 0.3 is 0 Å². The summed E-state index contributed by atoms with van der Waals surface area (Å²) in [6.45, 7) is 7.79. The van der Waals surface area contributed by atoms with Gasteiger partial charge in [0.25, 0.3) is 0 Å². The smallest absolute Gasteiger partial charge is 0.249 e. The molecular weight excluding hydrogens is 180 g/mol. The van der Waals surface area contributed by atoms with Gasteiger partial charge in [-0.2, -0.15) is 0 Å². The summed E-state index contributed by atoms with van der Waals surface area (Å²) in [5.41, 5.74) is 0.271. The minimum atomic E-state index is -0.265. The molecule has 4 nitrogen and oxygen atoms in total. The second kappa shape index (κ2) is 4.41. The van der Waals surface area contributed by atoms with E-state index in [0.717, 1.165) is 0 Å². The van der Waals surface area contributed by atoms with Crippen LogP contribution >= 0.6 is 0 Å². The molecule has 4 heteroatoms. The standard InChI is InChI=1S/C10H12N2O2/c1-3-5-11-7-9(13)8(10(7)14)12-6-4-2/h3-4,11-12H,1-2,5-6H2. The van der Waals surface area contributed by atoms with Crippen molar-refractivity contribution in [1.82, 2.24) is 0 Å². The van der Waals surface area contributed by atoms with Gasteiger partial charge in [0.15, 0.2) is 11.5 Å². The lowest BCUT2D eigenvalue weighted by molar-refractivity contribution is -0.287. The zero-order valence-corrected chi connectivity index (χ0v) is 7.80. The molecule has 0 aliphatic carbocycles. The molecule has 0 aliphatic rings. The summed E-state index contributed by atoms with van der Waals surface area (Å²) < 4.78 is 0. The summed E-state index contributed by atoms with van der Waals surface area (Å²) in [6.07, 6.45) is 3.17. The van der Waals surface area contributed by atoms with E-state index in [0.29, 0.717) is 13.1 Å². The molecule has 0 unspecified atom stereocenters. The predicted molar refractivity (Wildman–Crippen MR) is 53.9 cm³/mol. The van der Waals surface area contributed by atoms with Gasteiger partial charge in [-0.05, 0) is 0 Å². The highest BCUT2D eigenvalue weighted by molar-refractivity contribution is 5.90. The lowest BCUT2D eigenvalue weighted by Crippen LogP contribution is -2.16. The highest BCUT2D eigenvalue weighted by Gasteiger charge is 2.27. The van der Waals surface area contributed by atoms with Crippen LogP contribution in [0.25, 0.3) is 0 Å². The Balaban J connectivity index is 2.61. The minimum Gasteiger partial charge on any atom is -0.790 e. The van der Waals surface area contributed by atoms with Crippen LogP contribution in [0.4, 0.5) is 11.4 Å². The van der Waals surface area contributed by atoms with Gasteiger partial charge < -0.3 is 20.8 Å². The number of nitrogens with one attached hydrogen (secondary N) is 2. The number of anilines is 2. The van der Waals surface area contributed by atoms with Crippen molar-refractivity contribution in [2.75, 3.05) is 23.7 Å². The first-order valence-corrected chi connectivity index (χ1v) is 4.25. The van der Waals surface area contributed by atoms with Gasteiger partial charge in [0.05, 0.1) is 0 Å². The third-order valence-electron chi connectivity index (χ3n) is 1.75. The molecular formula is C10H12N2O2. The fourth-order valence-electron chi connectivity index (χ4n) is 1.06. The molecule has 1 rings (SSSR count). The van der Waals surface area contributed by atoms with Crippen LogP contribution in [-0.2, 0) is 0 Å². The van der Waals surface area contributed by atoms with Gasteiger partial charge in [0.2, 0.25) is 11.4 Å². The molecule has 0 radical (unpaired) electrons. The van der Waals surface area contributed by atoms with Gasteiger partial charge in [-0.3, -0.25) is 0 Å². The highest BCUT2D eigenvalue weighted by Crippen LogP contribution is 2.47. The van der Waals surface area contributed by atoms with Crippen molar-refractivity contribution in [3.8, 4) is 11.5 Å². The van der Waals surface area contributed by atoms with E-state index in [1.165, 1.54) is 0 Å². The Morgan fingerprint density at radius 1 is 1.29 bits per heavy atom. The molecule has 2 N–H and O–H groups in total. The summed E-state index contributed by atoms with van der Waals surface area (Å²) in [5.74, 6) is -0.530. The maximum Gasteiger partial charge on any atom is 0.249 e. The van der Waals surface area contributed by atoms with Crippen molar-refractivity contribution >= 4 is 11.4 Å². The molecule has 0 spiro atoms. The molecule has 1 aromatic rings. The van der Waals surface area contributed by atoms with E-state index in [9.17, 15) is 10.2 Å². The molecule has 0 saturated carbocycles. The first-order valence-electron chi connectivity index (χ1n) is 4.25. The van der Waals surface area contributed by atoms with Gasteiger partial charge in [0.1, 0.15) is 0 Å². The molecule has 0 bridgehead atoms.